The number of aromatic nitrogens is 1. The van der Waals surface area contributed by atoms with Crippen LogP contribution in [0.25, 0.3) is 0 Å². The standard InChI is InChI=1S/C12H19N3/c1-10-3-2-7-15(8-6-10)11-4-5-12(13)14-9-11/h4-5,9-10H,2-3,6-8H2,1H3,(H2,13,14). The van der Waals surface area contributed by atoms with Crippen LogP contribution in [0.4, 0.5) is 11.5 Å². The Labute approximate surface area is 91.3 Å². The van der Waals surface area contributed by atoms with E-state index in [2.05, 4.69) is 22.9 Å². The van der Waals surface area contributed by atoms with Gasteiger partial charge in [-0.2, -0.15) is 0 Å². The molecule has 1 atom stereocenters. The number of nitrogen functional groups attached to an aromatic ring is 1. The fourth-order valence-electron chi connectivity index (χ4n) is 2.11. The van der Waals surface area contributed by atoms with Crippen LogP contribution in [-0.2, 0) is 0 Å². The molecule has 0 aromatic carbocycles. The molecule has 1 fully saturated rings. The summed E-state index contributed by atoms with van der Waals surface area (Å²) in [7, 11) is 0. The number of hydrogen-bond donors (Lipinski definition) is 1. The summed E-state index contributed by atoms with van der Waals surface area (Å²) in [4.78, 5) is 6.55. The molecule has 2 N–H and O–H groups in total. The van der Waals surface area contributed by atoms with E-state index < -0.39 is 0 Å². The predicted molar refractivity (Wildman–Crippen MR) is 63.9 cm³/mol. The zero-order chi connectivity index (χ0) is 10.7. The molecule has 0 aliphatic carbocycles. The highest BCUT2D eigenvalue weighted by Crippen LogP contribution is 2.21. The van der Waals surface area contributed by atoms with Crippen molar-refractivity contribution in [1.29, 1.82) is 0 Å². The highest BCUT2D eigenvalue weighted by molar-refractivity contribution is 5.47. The molecular formula is C12H19N3. The smallest absolute Gasteiger partial charge is 0.123 e. The third-order valence-corrected chi connectivity index (χ3v) is 3.15. The lowest BCUT2D eigenvalue weighted by atomic mass is 10.0. The minimum Gasteiger partial charge on any atom is -0.384 e. The molecule has 15 heavy (non-hydrogen) atoms. The van der Waals surface area contributed by atoms with Crippen molar-refractivity contribution in [2.24, 2.45) is 5.92 Å². The molecule has 0 saturated carbocycles. The van der Waals surface area contributed by atoms with Crippen molar-refractivity contribution in [3.05, 3.63) is 18.3 Å². The highest BCUT2D eigenvalue weighted by Gasteiger charge is 2.13. The molecule has 2 rings (SSSR count). The molecule has 1 aliphatic heterocycles. The molecular weight excluding hydrogens is 186 g/mol. The van der Waals surface area contributed by atoms with Crippen molar-refractivity contribution in [2.45, 2.75) is 26.2 Å². The average Bonchev–Trinajstić information content (AvgIpc) is 2.44. The summed E-state index contributed by atoms with van der Waals surface area (Å²) in [6, 6.07) is 3.95. The number of hydrogen-bond acceptors (Lipinski definition) is 3. The topological polar surface area (TPSA) is 42.1 Å². The van der Waals surface area contributed by atoms with E-state index in [0.29, 0.717) is 5.82 Å². The van der Waals surface area contributed by atoms with E-state index in [9.17, 15) is 0 Å². The Morgan fingerprint density at radius 1 is 1.33 bits per heavy atom. The molecule has 0 radical (unpaired) electrons. The van der Waals surface area contributed by atoms with Crippen molar-refractivity contribution < 1.29 is 0 Å². The van der Waals surface area contributed by atoms with Gasteiger partial charge in [0, 0.05) is 13.1 Å². The Morgan fingerprint density at radius 3 is 2.93 bits per heavy atom. The lowest BCUT2D eigenvalue weighted by Crippen LogP contribution is -2.24. The van der Waals surface area contributed by atoms with Gasteiger partial charge in [-0.05, 0) is 37.3 Å². The maximum Gasteiger partial charge on any atom is 0.123 e. The van der Waals surface area contributed by atoms with Gasteiger partial charge in [0.2, 0.25) is 0 Å². The normalized spacial score (nSPS) is 22.5. The molecule has 1 aromatic heterocycles. The highest BCUT2D eigenvalue weighted by atomic mass is 15.1. The van der Waals surface area contributed by atoms with Crippen molar-refractivity contribution in [3.8, 4) is 0 Å². The monoisotopic (exact) mass is 205 g/mol. The fraction of sp³-hybridized carbons (Fsp3) is 0.583. The molecule has 1 unspecified atom stereocenters. The Hall–Kier alpha value is -1.25. The Kier molecular flexibility index (Phi) is 3.09. The van der Waals surface area contributed by atoms with E-state index in [4.69, 9.17) is 5.73 Å². The summed E-state index contributed by atoms with van der Waals surface area (Å²) in [5.41, 5.74) is 6.79. The van der Waals surface area contributed by atoms with E-state index in [0.717, 1.165) is 19.0 Å². The molecule has 1 saturated heterocycles. The van der Waals surface area contributed by atoms with Crippen LogP contribution in [0, 0.1) is 5.92 Å². The van der Waals surface area contributed by atoms with Crippen LogP contribution >= 0.6 is 0 Å². The minimum atomic E-state index is 0.599. The first-order chi connectivity index (χ1) is 7.25. The van der Waals surface area contributed by atoms with Gasteiger partial charge in [0.25, 0.3) is 0 Å². The van der Waals surface area contributed by atoms with E-state index in [-0.39, 0.29) is 0 Å². The summed E-state index contributed by atoms with van der Waals surface area (Å²) in [6.45, 7) is 4.63. The van der Waals surface area contributed by atoms with Gasteiger partial charge in [-0.15, -0.1) is 0 Å². The first kappa shape index (κ1) is 10.3. The molecule has 0 bridgehead atoms. The quantitative estimate of drug-likeness (QED) is 0.765. The molecule has 3 nitrogen and oxygen atoms in total. The number of nitrogens with two attached hydrogens (primary N) is 1. The van der Waals surface area contributed by atoms with Gasteiger partial charge in [-0.25, -0.2) is 4.98 Å². The summed E-state index contributed by atoms with van der Waals surface area (Å²) >= 11 is 0. The summed E-state index contributed by atoms with van der Waals surface area (Å²) in [5, 5.41) is 0. The zero-order valence-electron chi connectivity index (χ0n) is 9.32. The first-order valence-corrected chi connectivity index (χ1v) is 5.72. The second-order valence-electron chi connectivity index (χ2n) is 4.46. The number of nitrogens with zero attached hydrogens (tertiary/aromatic N) is 2. The van der Waals surface area contributed by atoms with Gasteiger partial charge in [-0.1, -0.05) is 6.92 Å². The van der Waals surface area contributed by atoms with Gasteiger partial charge in [0.05, 0.1) is 11.9 Å². The van der Waals surface area contributed by atoms with E-state index in [1.54, 1.807) is 0 Å². The van der Waals surface area contributed by atoms with Gasteiger partial charge in [0.15, 0.2) is 0 Å². The van der Waals surface area contributed by atoms with Gasteiger partial charge in [0.1, 0.15) is 5.82 Å². The largest absolute Gasteiger partial charge is 0.384 e. The van der Waals surface area contributed by atoms with E-state index in [1.165, 1.54) is 24.9 Å². The Morgan fingerprint density at radius 2 is 2.20 bits per heavy atom. The number of pyridine rings is 1. The second kappa shape index (κ2) is 4.51. The van der Waals surface area contributed by atoms with Crippen LogP contribution in [0.2, 0.25) is 0 Å². The third kappa shape index (κ3) is 2.61. The Balaban J connectivity index is 2.06. The van der Waals surface area contributed by atoms with Gasteiger partial charge in [-0.3, -0.25) is 0 Å². The second-order valence-corrected chi connectivity index (χ2v) is 4.46. The van der Waals surface area contributed by atoms with Gasteiger partial charge >= 0.3 is 0 Å². The lowest BCUT2D eigenvalue weighted by Gasteiger charge is -2.22. The zero-order valence-corrected chi connectivity index (χ0v) is 9.32. The molecule has 2 heterocycles. The molecule has 0 spiro atoms. The molecule has 1 aromatic rings. The maximum absolute atomic E-state index is 5.58. The molecule has 82 valence electrons. The van der Waals surface area contributed by atoms with E-state index >= 15 is 0 Å². The van der Waals surface area contributed by atoms with E-state index in [1.807, 2.05) is 12.3 Å². The van der Waals surface area contributed by atoms with Crippen LogP contribution < -0.4 is 10.6 Å². The Bertz CT molecular complexity index is 307. The fourth-order valence-corrected chi connectivity index (χ4v) is 2.11. The summed E-state index contributed by atoms with van der Waals surface area (Å²) in [5.74, 6) is 1.46. The van der Waals surface area contributed by atoms with Crippen molar-refractivity contribution >= 4 is 11.5 Å². The number of anilines is 2. The number of rotatable bonds is 1. The molecule has 3 heteroatoms. The van der Waals surface area contributed by atoms with Gasteiger partial charge < -0.3 is 10.6 Å². The molecule has 1 aliphatic rings. The first-order valence-electron chi connectivity index (χ1n) is 5.72. The van der Waals surface area contributed by atoms with Crippen LogP contribution in [0.15, 0.2) is 18.3 Å². The average molecular weight is 205 g/mol. The van der Waals surface area contributed by atoms with Crippen molar-refractivity contribution in [1.82, 2.24) is 4.98 Å². The maximum atomic E-state index is 5.58. The van der Waals surface area contributed by atoms with Crippen LogP contribution in [0.1, 0.15) is 26.2 Å². The summed E-state index contributed by atoms with van der Waals surface area (Å²) in [6.07, 6.45) is 5.79. The third-order valence-electron chi connectivity index (χ3n) is 3.15. The predicted octanol–water partition coefficient (Wildman–Crippen LogP) is 2.29. The lowest BCUT2D eigenvalue weighted by molar-refractivity contribution is 0.521. The summed E-state index contributed by atoms with van der Waals surface area (Å²) < 4.78 is 0. The van der Waals surface area contributed by atoms with Crippen LogP contribution in [0.5, 0.6) is 0 Å². The SMILES string of the molecule is CC1CCCN(c2ccc(N)nc2)CC1. The molecule has 0 amide bonds. The van der Waals surface area contributed by atoms with Crippen molar-refractivity contribution in [2.75, 3.05) is 23.7 Å². The minimum absolute atomic E-state index is 0.599. The van der Waals surface area contributed by atoms with Crippen molar-refractivity contribution in [3.63, 3.8) is 0 Å². The van der Waals surface area contributed by atoms with Crippen LogP contribution in [0.3, 0.4) is 0 Å². The van der Waals surface area contributed by atoms with Crippen LogP contribution in [-0.4, -0.2) is 18.1 Å².